The Hall–Kier alpha value is -3.81. The summed E-state index contributed by atoms with van der Waals surface area (Å²) in [6, 6.07) is 15.7. The number of carbonyl (C=O) groups is 1. The highest BCUT2D eigenvalue weighted by atomic mass is 16.5. The maximum absolute atomic E-state index is 11.7. The van der Waals surface area contributed by atoms with Gasteiger partial charge in [0.2, 0.25) is 0 Å². The normalized spacial score (nSPS) is 10.5. The Balaban J connectivity index is 1.98. The molecule has 0 atom stereocenters. The Morgan fingerprint density at radius 1 is 0.909 bits per heavy atom. The van der Waals surface area contributed by atoms with Gasteiger partial charge in [0.1, 0.15) is 22.9 Å². The lowest BCUT2D eigenvalue weighted by molar-refractivity contribution is 0.111. The molecule has 3 rings (SSSR count). The molecule has 33 heavy (non-hydrogen) atoms. The second-order valence-corrected chi connectivity index (χ2v) is 7.50. The molecule has 0 amide bonds. The summed E-state index contributed by atoms with van der Waals surface area (Å²) < 4.78 is 16.2. The number of carbonyl (C=O) groups excluding carboxylic acids is 1. The van der Waals surface area contributed by atoms with Crippen LogP contribution in [0.4, 0.5) is 11.5 Å². The predicted molar refractivity (Wildman–Crippen MR) is 128 cm³/mol. The van der Waals surface area contributed by atoms with E-state index >= 15 is 0 Å². The van der Waals surface area contributed by atoms with Crippen LogP contribution in [0.25, 0.3) is 0 Å². The number of aromatic nitrogens is 2. The van der Waals surface area contributed by atoms with Gasteiger partial charge in [-0.2, -0.15) is 9.97 Å². The van der Waals surface area contributed by atoms with E-state index in [-0.39, 0.29) is 17.4 Å². The summed E-state index contributed by atoms with van der Waals surface area (Å²) in [6.07, 6.45) is 2.47. The minimum absolute atomic E-state index is 0.112. The molecule has 0 bridgehead atoms. The third-order valence-electron chi connectivity index (χ3n) is 5.14. The van der Waals surface area contributed by atoms with E-state index < -0.39 is 0 Å². The van der Waals surface area contributed by atoms with Crippen molar-refractivity contribution in [2.75, 3.05) is 31.5 Å². The van der Waals surface area contributed by atoms with Crippen LogP contribution in [0.5, 0.6) is 17.5 Å². The van der Waals surface area contributed by atoms with Crippen molar-refractivity contribution in [3.8, 4) is 17.5 Å². The molecule has 174 valence electrons. The van der Waals surface area contributed by atoms with Crippen LogP contribution in [0, 0.1) is 0 Å². The summed E-state index contributed by atoms with van der Waals surface area (Å²) in [6.45, 7) is 3.55. The monoisotopic (exact) mass is 450 g/mol. The molecule has 0 saturated heterocycles. The van der Waals surface area contributed by atoms with Gasteiger partial charge in [-0.25, -0.2) is 0 Å². The molecule has 2 N–H and O–H groups in total. The van der Waals surface area contributed by atoms with E-state index in [4.69, 9.17) is 19.9 Å². The molecule has 0 fully saturated rings. The molecule has 1 heterocycles. The van der Waals surface area contributed by atoms with Gasteiger partial charge < -0.3 is 24.8 Å². The zero-order chi connectivity index (χ0) is 23.6. The highest BCUT2D eigenvalue weighted by molar-refractivity contribution is 5.85. The molecular weight excluding hydrogens is 420 g/mol. The smallest absolute Gasteiger partial charge is 0.319 e. The lowest BCUT2D eigenvalue weighted by Crippen LogP contribution is -2.25. The van der Waals surface area contributed by atoms with E-state index in [1.165, 1.54) is 0 Å². The lowest BCUT2D eigenvalue weighted by atomic mass is 10.1. The van der Waals surface area contributed by atoms with E-state index in [1.54, 1.807) is 14.2 Å². The number of hydrogen-bond donors (Lipinski definition) is 1. The Kier molecular flexibility index (Phi) is 8.46. The van der Waals surface area contributed by atoms with Crippen molar-refractivity contribution < 1.29 is 19.0 Å². The van der Waals surface area contributed by atoms with Gasteiger partial charge in [0, 0.05) is 13.1 Å². The molecular formula is C25H30N4O4. The molecule has 8 heteroatoms. The molecule has 8 nitrogen and oxygen atoms in total. The number of ether oxygens (including phenoxy) is 3. The molecule has 0 aliphatic heterocycles. The zero-order valence-electron chi connectivity index (χ0n) is 19.3. The highest BCUT2D eigenvalue weighted by Gasteiger charge is 2.19. The maximum atomic E-state index is 11.7. The van der Waals surface area contributed by atoms with Crippen LogP contribution >= 0.6 is 0 Å². The number of nitrogen functional groups attached to an aromatic ring is 1. The third-order valence-corrected chi connectivity index (χ3v) is 5.14. The number of nitrogens with two attached hydrogens (primary N) is 1. The number of aldehydes is 1. The summed E-state index contributed by atoms with van der Waals surface area (Å²) in [5.74, 6) is 2.00. The van der Waals surface area contributed by atoms with Crippen molar-refractivity contribution in [3.63, 3.8) is 0 Å². The Bertz CT molecular complexity index is 990. The fourth-order valence-corrected chi connectivity index (χ4v) is 3.27. The number of unbranched alkanes of at least 4 members (excludes halogenated alkanes) is 1. The number of nitrogens with zero attached hydrogens (tertiary/aromatic N) is 3. The summed E-state index contributed by atoms with van der Waals surface area (Å²) in [7, 11) is 3.27. The van der Waals surface area contributed by atoms with Crippen LogP contribution in [0.3, 0.4) is 0 Å². The number of benzene rings is 2. The van der Waals surface area contributed by atoms with Crippen molar-refractivity contribution in [2.45, 2.75) is 32.9 Å². The molecule has 0 aliphatic rings. The summed E-state index contributed by atoms with van der Waals surface area (Å²) >= 11 is 0. The van der Waals surface area contributed by atoms with Gasteiger partial charge >= 0.3 is 6.01 Å². The first-order chi connectivity index (χ1) is 16.1. The van der Waals surface area contributed by atoms with Gasteiger partial charge in [-0.3, -0.25) is 4.79 Å². The Morgan fingerprint density at radius 2 is 1.45 bits per heavy atom. The first-order valence-electron chi connectivity index (χ1n) is 10.8. The minimum atomic E-state index is 0.112. The number of hydrogen-bond acceptors (Lipinski definition) is 8. The van der Waals surface area contributed by atoms with Crippen molar-refractivity contribution in [1.29, 1.82) is 0 Å². The van der Waals surface area contributed by atoms with E-state index in [9.17, 15) is 4.79 Å². The SMILES string of the molecule is CCCCOc1nc(C=O)c(N)c(N(Cc2ccc(OC)cc2)Cc2ccc(OC)cc2)n1. The first-order valence-corrected chi connectivity index (χ1v) is 10.8. The number of anilines is 2. The van der Waals surface area contributed by atoms with E-state index in [0.29, 0.717) is 31.8 Å². The zero-order valence-corrected chi connectivity index (χ0v) is 19.3. The molecule has 3 aromatic rings. The van der Waals surface area contributed by atoms with E-state index in [2.05, 4.69) is 16.9 Å². The second kappa shape index (κ2) is 11.7. The Labute approximate surface area is 194 Å². The molecule has 1 aromatic heterocycles. The van der Waals surface area contributed by atoms with Crippen LogP contribution in [0.15, 0.2) is 48.5 Å². The summed E-state index contributed by atoms with van der Waals surface area (Å²) in [4.78, 5) is 22.4. The number of methoxy groups -OCH3 is 2. The van der Waals surface area contributed by atoms with Gasteiger partial charge in [-0.05, 0) is 41.8 Å². The topological polar surface area (TPSA) is 99.8 Å². The van der Waals surface area contributed by atoms with Crippen molar-refractivity contribution >= 4 is 17.8 Å². The average molecular weight is 451 g/mol. The van der Waals surface area contributed by atoms with Crippen LogP contribution in [-0.4, -0.2) is 37.1 Å². The summed E-state index contributed by atoms with van der Waals surface area (Å²) in [5, 5.41) is 0. The van der Waals surface area contributed by atoms with Crippen molar-refractivity contribution in [3.05, 3.63) is 65.4 Å². The molecule has 2 aromatic carbocycles. The molecule has 0 aliphatic carbocycles. The average Bonchev–Trinajstić information content (AvgIpc) is 2.85. The first kappa shape index (κ1) is 23.8. The molecule has 0 unspecified atom stereocenters. The Morgan fingerprint density at radius 3 is 1.91 bits per heavy atom. The quantitative estimate of drug-likeness (QED) is 0.322. The maximum Gasteiger partial charge on any atom is 0.319 e. The fraction of sp³-hybridized carbons (Fsp3) is 0.320. The van der Waals surface area contributed by atoms with Crippen molar-refractivity contribution in [1.82, 2.24) is 9.97 Å². The van der Waals surface area contributed by atoms with Gasteiger partial charge in [-0.15, -0.1) is 0 Å². The van der Waals surface area contributed by atoms with Crippen LogP contribution < -0.4 is 24.8 Å². The fourth-order valence-electron chi connectivity index (χ4n) is 3.27. The lowest BCUT2D eigenvalue weighted by Gasteiger charge is -2.26. The summed E-state index contributed by atoms with van der Waals surface area (Å²) in [5.41, 5.74) is 8.71. The van der Waals surface area contributed by atoms with Crippen LogP contribution in [0.2, 0.25) is 0 Å². The van der Waals surface area contributed by atoms with Gasteiger partial charge in [0.15, 0.2) is 12.1 Å². The van der Waals surface area contributed by atoms with Crippen molar-refractivity contribution in [2.24, 2.45) is 0 Å². The van der Waals surface area contributed by atoms with Crippen LogP contribution in [-0.2, 0) is 13.1 Å². The van der Waals surface area contributed by atoms with E-state index in [1.807, 2.05) is 53.4 Å². The van der Waals surface area contributed by atoms with Gasteiger partial charge in [0.25, 0.3) is 0 Å². The molecule has 0 saturated carbocycles. The van der Waals surface area contributed by atoms with Gasteiger partial charge in [0.05, 0.1) is 20.8 Å². The highest BCUT2D eigenvalue weighted by Crippen LogP contribution is 2.29. The number of rotatable bonds is 12. The predicted octanol–water partition coefficient (Wildman–Crippen LogP) is 4.27. The second-order valence-electron chi connectivity index (χ2n) is 7.50. The minimum Gasteiger partial charge on any atom is -0.497 e. The molecule has 0 spiro atoms. The largest absolute Gasteiger partial charge is 0.497 e. The van der Waals surface area contributed by atoms with E-state index in [0.717, 1.165) is 35.5 Å². The standard InChI is InChI=1S/C25H30N4O4/c1-4-5-14-33-25-27-22(17-30)23(26)24(28-25)29(15-18-6-10-20(31-2)11-7-18)16-19-8-12-21(32-3)13-9-19/h6-13,17H,4-5,14-16,26H2,1-3H3. The third kappa shape index (κ3) is 6.35. The molecule has 0 radical (unpaired) electrons. The van der Waals surface area contributed by atoms with Crippen LogP contribution in [0.1, 0.15) is 41.4 Å². The van der Waals surface area contributed by atoms with Gasteiger partial charge in [-0.1, -0.05) is 37.6 Å².